The van der Waals surface area contributed by atoms with Crippen molar-refractivity contribution < 1.29 is 13.2 Å². The molecule has 1 aliphatic heterocycles. The summed E-state index contributed by atoms with van der Waals surface area (Å²) < 4.78 is 34.2. The monoisotopic (exact) mass is 374 g/mol. The molecule has 1 aliphatic carbocycles. The van der Waals surface area contributed by atoms with Crippen LogP contribution in [0, 0.1) is 12.8 Å². The van der Waals surface area contributed by atoms with Gasteiger partial charge in [0.25, 0.3) is 0 Å². The highest BCUT2D eigenvalue weighted by Crippen LogP contribution is 2.37. The van der Waals surface area contributed by atoms with Gasteiger partial charge in [0.1, 0.15) is 0 Å². The molecule has 4 unspecified atom stereocenters. The summed E-state index contributed by atoms with van der Waals surface area (Å²) in [6, 6.07) is 4.48. The van der Waals surface area contributed by atoms with Crippen molar-refractivity contribution in [2.45, 2.75) is 42.8 Å². The zero-order chi connectivity index (χ0) is 15.2. The SMILES string of the molecule is Cc1cc(S(=O)(=O)NC2C(N)C3CCCOC32)ccc1Br. The van der Waals surface area contributed by atoms with E-state index in [0.717, 1.165) is 22.9 Å². The second-order valence-electron chi connectivity index (χ2n) is 5.78. The first-order valence-electron chi connectivity index (χ1n) is 7.06. The molecule has 1 saturated heterocycles. The van der Waals surface area contributed by atoms with Gasteiger partial charge in [0.05, 0.1) is 17.0 Å². The quantitative estimate of drug-likeness (QED) is 0.840. The van der Waals surface area contributed by atoms with Crippen LogP contribution in [0.4, 0.5) is 0 Å². The topological polar surface area (TPSA) is 81.4 Å². The lowest BCUT2D eigenvalue weighted by Gasteiger charge is -2.52. The van der Waals surface area contributed by atoms with Crippen LogP contribution in [0.15, 0.2) is 27.6 Å². The fourth-order valence-corrected chi connectivity index (χ4v) is 4.74. The van der Waals surface area contributed by atoms with Crippen LogP contribution in [0.3, 0.4) is 0 Å². The van der Waals surface area contributed by atoms with Crippen LogP contribution in [0.25, 0.3) is 0 Å². The molecule has 1 aromatic rings. The van der Waals surface area contributed by atoms with Gasteiger partial charge in [0.15, 0.2) is 0 Å². The lowest BCUT2D eigenvalue weighted by atomic mass is 9.69. The van der Waals surface area contributed by atoms with Crippen LogP contribution in [-0.2, 0) is 14.8 Å². The Bertz CT molecular complexity index is 650. The number of sulfonamides is 1. The predicted molar refractivity (Wildman–Crippen MR) is 83.4 cm³/mol. The number of nitrogens with two attached hydrogens (primary N) is 1. The number of aryl methyl sites for hydroxylation is 1. The van der Waals surface area contributed by atoms with Crippen LogP contribution >= 0.6 is 15.9 Å². The highest BCUT2D eigenvalue weighted by Gasteiger charge is 2.51. The molecule has 5 nitrogen and oxygen atoms in total. The Balaban J connectivity index is 1.78. The molecule has 0 spiro atoms. The summed E-state index contributed by atoms with van der Waals surface area (Å²) in [4.78, 5) is 0.259. The first-order valence-corrected chi connectivity index (χ1v) is 9.33. The third-order valence-electron chi connectivity index (χ3n) is 4.41. The second kappa shape index (κ2) is 5.62. The molecule has 0 radical (unpaired) electrons. The lowest BCUT2D eigenvalue weighted by Crippen LogP contribution is -2.71. The number of rotatable bonds is 3. The Kier molecular flexibility index (Phi) is 4.13. The maximum Gasteiger partial charge on any atom is 0.240 e. The third-order valence-corrected chi connectivity index (χ3v) is 6.75. The van der Waals surface area contributed by atoms with Gasteiger partial charge in [-0.1, -0.05) is 15.9 Å². The number of fused-ring (bicyclic) bond motifs is 1. The maximum atomic E-state index is 12.5. The number of benzene rings is 1. The molecule has 1 aromatic carbocycles. The van der Waals surface area contributed by atoms with E-state index >= 15 is 0 Å². The van der Waals surface area contributed by atoms with Gasteiger partial charge < -0.3 is 10.5 Å². The van der Waals surface area contributed by atoms with Crippen molar-refractivity contribution in [2.24, 2.45) is 11.7 Å². The smallest absolute Gasteiger partial charge is 0.240 e. The molecule has 21 heavy (non-hydrogen) atoms. The minimum Gasteiger partial charge on any atom is -0.376 e. The van der Waals surface area contributed by atoms with Gasteiger partial charge in [-0.25, -0.2) is 13.1 Å². The first kappa shape index (κ1) is 15.4. The van der Waals surface area contributed by atoms with E-state index in [9.17, 15) is 8.42 Å². The summed E-state index contributed by atoms with van der Waals surface area (Å²) in [6.07, 6.45) is 1.93. The Labute approximate surface area is 133 Å². The van der Waals surface area contributed by atoms with Gasteiger partial charge in [-0.05, 0) is 43.5 Å². The minimum atomic E-state index is -3.57. The summed E-state index contributed by atoms with van der Waals surface area (Å²) in [6.45, 7) is 2.54. The van der Waals surface area contributed by atoms with E-state index in [-0.39, 0.29) is 29.0 Å². The van der Waals surface area contributed by atoms with Crippen molar-refractivity contribution in [1.82, 2.24) is 4.72 Å². The molecule has 3 N–H and O–H groups in total. The van der Waals surface area contributed by atoms with Gasteiger partial charge in [-0.3, -0.25) is 0 Å². The van der Waals surface area contributed by atoms with Gasteiger partial charge in [-0.15, -0.1) is 0 Å². The fourth-order valence-electron chi connectivity index (χ4n) is 3.12. The number of nitrogens with one attached hydrogen (secondary N) is 1. The highest BCUT2D eigenvalue weighted by atomic mass is 79.9. The van der Waals surface area contributed by atoms with E-state index in [0.29, 0.717) is 6.61 Å². The molecular formula is C14H19BrN2O3S. The van der Waals surface area contributed by atoms with Crippen molar-refractivity contribution in [3.8, 4) is 0 Å². The number of hydrogen-bond acceptors (Lipinski definition) is 4. The molecule has 4 atom stereocenters. The van der Waals surface area contributed by atoms with Crippen molar-refractivity contribution in [1.29, 1.82) is 0 Å². The zero-order valence-electron chi connectivity index (χ0n) is 11.8. The standard InChI is InChI=1S/C14H19BrN2O3S/c1-8-7-9(4-5-11(8)15)21(18,19)17-13-12(16)10-3-2-6-20-14(10)13/h4-5,7,10,12-14,17H,2-3,6,16H2,1H3. The van der Waals surface area contributed by atoms with E-state index < -0.39 is 10.0 Å². The average Bonchev–Trinajstić information content (AvgIpc) is 2.47. The molecule has 0 aromatic heterocycles. The van der Waals surface area contributed by atoms with Crippen LogP contribution in [0.2, 0.25) is 0 Å². The van der Waals surface area contributed by atoms with Gasteiger partial charge in [0, 0.05) is 23.0 Å². The second-order valence-corrected chi connectivity index (χ2v) is 8.35. The van der Waals surface area contributed by atoms with Gasteiger partial charge in [-0.2, -0.15) is 0 Å². The molecular weight excluding hydrogens is 356 g/mol. The molecule has 0 amide bonds. The van der Waals surface area contributed by atoms with Crippen molar-refractivity contribution in [3.63, 3.8) is 0 Å². The normalized spacial score (nSPS) is 32.3. The Morgan fingerprint density at radius 1 is 1.43 bits per heavy atom. The molecule has 2 fully saturated rings. The molecule has 2 aliphatic rings. The average molecular weight is 375 g/mol. The van der Waals surface area contributed by atoms with E-state index in [4.69, 9.17) is 10.5 Å². The summed E-state index contributed by atoms with van der Waals surface area (Å²) in [7, 11) is -3.57. The Hall–Kier alpha value is -0.470. The molecule has 1 saturated carbocycles. The van der Waals surface area contributed by atoms with Gasteiger partial charge in [0.2, 0.25) is 10.0 Å². The lowest BCUT2D eigenvalue weighted by molar-refractivity contribution is -0.114. The number of hydrogen-bond donors (Lipinski definition) is 2. The largest absolute Gasteiger partial charge is 0.376 e. The summed E-state index contributed by atoms with van der Waals surface area (Å²) in [5.41, 5.74) is 6.98. The van der Waals surface area contributed by atoms with E-state index in [2.05, 4.69) is 20.7 Å². The van der Waals surface area contributed by atoms with Crippen molar-refractivity contribution in [3.05, 3.63) is 28.2 Å². The number of ether oxygens (including phenoxy) is 1. The summed E-state index contributed by atoms with van der Waals surface area (Å²) in [5, 5.41) is 0. The molecule has 1 heterocycles. The Morgan fingerprint density at radius 3 is 2.90 bits per heavy atom. The molecule has 3 rings (SSSR count). The molecule has 0 bridgehead atoms. The van der Waals surface area contributed by atoms with Crippen LogP contribution in [0.1, 0.15) is 18.4 Å². The summed E-state index contributed by atoms with van der Waals surface area (Å²) in [5.74, 6) is 0.276. The van der Waals surface area contributed by atoms with E-state index in [1.165, 1.54) is 0 Å². The fraction of sp³-hybridized carbons (Fsp3) is 0.571. The van der Waals surface area contributed by atoms with Crippen LogP contribution in [-0.4, -0.2) is 33.2 Å². The van der Waals surface area contributed by atoms with Crippen LogP contribution in [0.5, 0.6) is 0 Å². The number of halogens is 1. The van der Waals surface area contributed by atoms with Crippen molar-refractivity contribution >= 4 is 26.0 Å². The first-order chi connectivity index (χ1) is 9.90. The molecule has 7 heteroatoms. The highest BCUT2D eigenvalue weighted by molar-refractivity contribution is 9.10. The summed E-state index contributed by atoms with van der Waals surface area (Å²) >= 11 is 3.37. The van der Waals surface area contributed by atoms with E-state index in [1.54, 1.807) is 18.2 Å². The molecule has 116 valence electrons. The van der Waals surface area contributed by atoms with Crippen molar-refractivity contribution in [2.75, 3.05) is 6.61 Å². The predicted octanol–water partition coefficient (Wildman–Crippen LogP) is 1.54. The minimum absolute atomic E-state index is 0.0833. The zero-order valence-corrected chi connectivity index (χ0v) is 14.2. The van der Waals surface area contributed by atoms with Crippen LogP contribution < -0.4 is 10.5 Å². The Morgan fingerprint density at radius 2 is 2.19 bits per heavy atom. The van der Waals surface area contributed by atoms with E-state index in [1.807, 2.05) is 6.92 Å². The van der Waals surface area contributed by atoms with Gasteiger partial charge >= 0.3 is 0 Å². The third kappa shape index (κ3) is 2.77. The maximum absolute atomic E-state index is 12.5.